The van der Waals surface area contributed by atoms with Crippen LogP contribution < -0.4 is 0 Å². The van der Waals surface area contributed by atoms with Crippen molar-refractivity contribution in [2.45, 2.75) is 18.9 Å². The highest BCUT2D eigenvalue weighted by molar-refractivity contribution is 5.56. The van der Waals surface area contributed by atoms with Gasteiger partial charge in [0, 0.05) is 5.92 Å². The van der Waals surface area contributed by atoms with Gasteiger partial charge in [-0.2, -0.15) is 0 Å². The lowest BCUT2D eigenvalue weighted by molar-refractivity contribution is 0.0691. The van der Waals surface area contributed by atoms with E-state index in [1.54, 1.807) is 0 Å². The Hall–Kier alpha value is -0.370. The zero-order chi connectivity index (χ0) is 5.28. The molecule has 0 amide bonds. The molecule has 2 nitrogen and oxygen atoms in total. The van der Waals surface area contributed by atoms with Gasteiger partial charge < -0.3 is 5.11 Å². The molecule has 39 valence electrons. The molecule has 1 rings (SSSR count). The number of rotatable bonds is 1. The quantitative estimate of drug-likeness (QED) is 0.497. The van der Waals surface area contributed by atoms with Crippen LogP contribution in [0, 0.1) is 5.92 Å². The van der Waals surface area contributed by atoms with Crippen molar-refractivity contribution >= 4 is 6.29 Å². The standard InChI is InChI=1S/C5H7O2/c6-3-4-1-5(7)2-4/h4-5,7H,1-2H2. The van der Waals surface area contributed by atoms with Crippen molar-refractivity contribution in [1.29, 1.82) is 0 Å². The van der Waals surface area contributed by atoms with Gasteiger partial charge in [0.15, 0.2) is 0 Å². The maximum absolute atomic E-state index is 9.70. The lowest BCUT2D eigenvalue weighted by atomic mass is 9.84. The molecular weight excluding hydrogens is 92.1 g/mol. The van der Waals surface area contributed by atoms with Crippen LogP contribution >= 0.6 is 0 Å². The predicted octanol–water partition coefficient (Wildman–Crippen LogP) is -0.133. The maximum Gasteiger partial charge on any atom is 0.201 e. The summed E-state index contributed by atoms with van der Waals surface area (Å²) in [6.45, 7) is 0. The Bertz CT molecular complexity index is 74.1. The topological polar surface area (TPSA) is 37.3 Å². The van der Waals surface area contributed by atoms with Crippen molar-refractivity contribution in [3.63, 3.8) is 0 Å². The first kappa shape index (κ1) is 4.78. The minimum Gasteiger partial charge on any atom is -0.393 e. The first-order valence-corrected chi connectivity index (χ1v) is 2.38. The van der Waals surface area contributed by atoms with Crippen LogP contribution in [0.15, 0.2) is 0 Å². The SMILES string of the molecule is O=[C]C1CC(O)C1. The Morgan fingerprint density at radius 2 is 2.14 bits per heavy atom. The summed E-state index contributed by atoms with van der Waals surface area (Å²) in [6, 6.07) is 0. The van der Waals surface area contributed by atoms with Gasteiger partial charge in [-0.05, 0) is 12.8 Å². The van der Waals surface area contributed by atoms with E-state index in [0.717, 1.165) is 0 Å². The van der Waals surface area contributed by atoms with E-state index in [-0.39, 0.29) is 12.0 Å². The number of carbonyl (C=O) groups excluding carboxylic acids is 1. The number of hydrogen-bond acceptors (Lipinski definition) is 2. The molecule has 0 aromatic heterocycles. The van der Waals surface area contributed by atoms with E-state index in [9.17, 15) is 4.79 Å². The van der Waals surface area contributed by atoms with Crippen LogP contribution in [0.4, 0.5) is 0 Å². The molecule has 0 aromatic rings. The van der Waals surface area contributed by atoms with Crippen LogP contribution in [0.1, 0.15) is 12.8 Å². The minimum atomic E-state index is -0.216. The van der Waals surface area contributed by atoms with E-state index in [1.165, 1.54) is 0 Å². The molecule has 1 radical (unpaired) electrons. The van der Waals surface area contributed by atoms with Gasteiger partial charge in [0.2, 0.25) is 6.29 Å². The Labute approximate surface area is 42.1 Å². The van der Waals surface area contributed by atoms with Crippen molar-refractivity contribution < 1.29 is 9.90 Å². The predicted molar refractivity (Wildman–Crippen MR) is 24.4 cm³/mol. The molecule has 0 saturated heterocycles. The normalized spacial score (nSPS) is 39.6. The third-order valence-corrected chi connectivity index (χ3v) is 1.28. The van der Waals surface area contributed by atoms with Gasteiger partial charge in [-0.1, -0.05) is 0 Å². The molecule has 7 heavy (non-hydrogen) atoms. The van der Waals surface area contributed by atoms with Gasteiger partial charge in [0.25, 0.3) is 0 Å². The fraction of sp³-hybridized carbons (Fsp3) is 0.800. The average molecular weight is 99.1 g/mol. The summed E-state index contributed by atoms with van der Waals surface area (Å²) >= 11 is 0. The van der Waals surface area contributed by atoms with E-state index in [2.05, 4.69) is 0 Å². The second-order valence-electron chi connectivity index (χ2n) is 1.94. The first-order valence-electron chi connectivity index (χ1n) is 2.38. The van der Waals surface area contributed by atoms with Crippen molar-refractivity contribution in [3.05, 3.63) is 0 Å². The van der Waals surface area contributed by atoms with E-state index in [0.29, 0.717) is 12.8 Å². The largest absolute Gasteiger partial charge is 0.393 e. The smallest absolute Gasteiger partial charge is 0.201 e. The van der Waals surface area contributed by atoms with Crippen molar-refractivity contribution in [2.75, 3.05) is 0 Å². The minimum absolute atomic E-state index is 0.0370. The fourth-order valence-corrected chi connectivity index (χ4v) is 0.684. The Morgan fingerprint density at radius 1 is 1.57 bits per heavy atom. The number of aliphatic hydroxyl groups excluding tert-OH is 1. The van der Waals surface area contributed by atoms with Crippen molar-refractivity contribution in [1.82, 2.24) is 0 Å². The highest BCUT2D eigenvalue weighted by Gasteiger charge is 2.26. The Kier molecular flexibility index (Phi) is 1.11. The van der Waals surface area contributed by atoms with E-state index < -0.39 is 0 Å². The second-order valence-corrected chi connectivity index (χ2v) is 1.94. The molecule has 0 bridgehead atoms. The average Bonchev–Trinajstić information content (AvgIpc) is 1.58. The molecule has 1 fully saturated rings. The first-order chi connectivity index (χ1) is 3.33. The Balaban J connectivity index is 2.17. The molecule has 0 heterocycles. The molecule has 1 saturated carbocycles. The molecular formula is C5H7O2. The van der Waals surface area contributed by atoms with Crippen LogP contribution in [-0.2, 0) is 4.79 Å². The van der Waals surface area contributed by atoms with Crippen LogP contribution in [0.25, 0.3) is 0 Å². The summed E-state index contributed by atoms with van der Waals surface area (Å²) in [5.74, 6) is 0.0370. The lowest BCUT2D eigenvalue weighted by Crippen LogP contribution is -2.28. The second kappa shape index (κ2) is 1.62. The maximum atomic E-state index is 9.70. The Morgan fingerprint density at radius 3 is 2.29 bits per heavy atom. The summed E-state index contributed by atoms with van der Waals surface area (Å²) in [7, 11) is 0. The molecule has 0 aliphatic heterocycles. The van der Waals surface area contributed by atoms with E-state index >= 15 is 0 Å². The molecule has 1 aliphatic rings. The van der Waals surface area contributed by atoms with Gasteiger partial charge in [-0.15, -0.1) is 0 Å². The van der Waals surface area contributed by atoms with Crippen LogP contribution in [0.3, 0.4) is 0 Å². The van der Waals surface area contributed by atoms with Crippen LogP contribution in [-0.4, -0.2) is 17.5 Å². The molecule has 0 unspecified atom stereocenters. The van der Waals surface area contributed by atoms with Crippen molar-refractivity contribution in [2.24, 2.45) is 5.92 Å². The van der Waals surface area contributed by atoms with Gasteiger partial charge in [0.05, 0.1) is 6.10 Å². The molecule has 1 aliphatic carbocycles. The fourth-order valence-electron chi connectivity index (χ4n) is 0.684. The molecule has 1 N–H and O–H groups in total. The lowest BCUT2D eigenvalue weighted by Gasteiger charge is -2.25. The molecule has 0 aromatic carbocycles. The highest BCUT2D eigenvalue weighted by atomic mass is 16.3. The number of hydrogen-bond donors (Lipinski definition) is 1. The number of aliphatic hydroxyl groups is 1. The zero-order valence-corrected chi connectivity index (χ0v) is 3.92. The van der Waals surface area contributed by atoms with Gasteiger partial charge in [0.1, 0.15) is 0 Å². The van der Waals surface area contributed by atoms with Crippen LogP contribution in [0.5, 0.6) is 0 Å². The molecule has 2 heteroatoms. The molecule has 0 spiro atoms. The summed E-state index contributed by atoms with van der Waals surface area (Å²) < 4.78 is 0. The summed E-state index contributed by atoms with van der Waals surface area (Å²) in [6.07, 6.45) is 2.86. The third-order valence-electron chi connectivity index (χ3n) is 1.28. The monoisotopic (exact) mass is 99.0 g/mol. The third kappa shape index (κ3) is 0.800. The molecule has 0 atom stereocenters. The highest BCUT2D eigenvalue weighted by Crippen LogP contribution is 2.24. The van der Waals surface area contributed by atoms with E-state index in [1.807, 2.05) is 6.29 Å². The summed E-state index contributed by atoms with van der Waals surface area (Å²) in [5, 5.41) is 8.57. The van der Waals surface area contributed by atoms with Gasteiger partial charge >= 0.3 is 0 Å². The summed E-state index contributed by atoms with van der Waals surface area (Å²) in [4.78, 5) is 9.70. The van der Waals surface area contributed by atoms with Crippen molar-refractivity contribution in [3.8, 4) is 0 Å². The van der Waals surface area contributed by atoms with Gasteiger partial charge in [-0.25, -0.2) is 0 Å². The zero-order valence-electron chi connectivity index (χ0n) is 3.92. The van der Waals surface area contributed by atoms with Gasteiger partial charge in [-0.3, -0.25) is 4.79 Å². The van der Waals surface area contributed by atoms with E-state index in [4.69, 9.17) is 5.11 Å². The van der Waals surface area contributed by atoms with Crippen LogP contribution in [0.2, 0.25) is 0 Å². The summed E-state index contributed by atoms with van der Waals surface area (Å²) in [5.41, 5.74) is 0.